The summed E-state index contributed by atoms with van der Waals surface area (Å²) in [5.41, 5.74) is 8.06. The van der Waals surface area contributed by atoms with Gasteiger partial charge in [0.1, 0.15) is 12.4 Å². The molecular weight excluding hydrogens is 449 g/mol. The number of hydrogen-bond acceptors (Lipinski definition) is 6. The second-order valence-corrected chi connectivity index (χ2v) is 9.50. The van der Waals surface area contributed by atoms with Crippen molar-refractivity contribution in [1.82, 2.24) is 15.5 Å². The van der Waals surface area contributed by atoms with Crippen LogP contribution in [-0.4, -0.2) is 74.5 Å². The van der Waals surface area contributed by atoms with Gasteiger partial charge in [-0.25, -0.2) is 0 Å². The predicted molar refractivity (Wildman–Crippen MR) is 124 cm³/mol. The van der Waals surface area contributed by atoms with Crippen molar-refractivity contribution in [1.29, 1.82) is 0 Å². The first-order valence-corrected chi connectivity index (χ1v) is 11.5. The monoisotopic (exact) mass is 477 g/mol. The average Bonchev–Trinajstić information content (AvgIpc) is 3.38. The van der Waals surface area contributed by atoms with Crippen LogP contribution >= 0.6 is 11.6 Å². The number of ether oxygens (including phenoxy) is 1. The van der Waals surface area contributed by atoms with Gasteiger partial charge in [-0.1, -0.05) is 23.7 Å². The molecule has 2 amide bonds. The number of aliphatic imine (C=N–C) groups is 1. The number of alkyl halides is 1. The van der Waals surface area contributed by atoms with E-state index < -0.39 is 12.1 Å². The Morgan fingerprint density at radius 1 is 1.33 bits per heavy atom. The molecule has 3 aliphatic rings. The van der Waals surface area contributed by atoms with Crippen molar-refractivity contribution < 1.29 is 18.7 Å². The highest BCUT2D eigenvalue weighted by Gasteiger charge is 2.39. The van der Waals surface area contributed by atoms with Crippen LogP contribution in [0.15, 0.2) is 40.5 Å². The topological polar surface area (TPSA) is 109 Å². The van der Waals surface area contributed by atoms with E-state index in [1.807, 2.05) is 12.1 Å². The summed E-state index contributed by atoms with van der Waals surface area (Å²) in [5.74, 6) is -0.323. The predicted octanol–water partition coefficient (Wildman–Crippen LogP) is 1.19. The molecule has 0 saturated carbocycles. The lowest BCUT2D eigenvalue weighted by atomic mass is 9.88. The number of nitrogens with one attached hydrogen (secondary N) is 2. The van der Waals surface area contributed by atoms with E-state index in [-0.39, 0.29) is 30.1 Å². The molecule has 0 bridgehead atoms. The molecule has 8 nitrogen and oxygen atoms in total. The van der Waals surface area contributed by atoms with Crippen LogP contribution in [0.2, 0.25) is 5.02 Å². The van der Waals surface area contributed by atoms with E-state index in [0.29, 0.717) is 62.1 Å². The Labute approximate surface area is 197 Å². The fourth-order valence-corrected chi connectivity index (χ4v) is 4.33. The minimum atomic E-state index is -0.587. The largest absolute Gasteiger partial charge is 0.394 e. The Bertz CT molecular complexity index is 956. The van der Waals surface area contributed by atoms with Crippen LogP contribution in [0.25, 0.3) is 0 Å². The average molecular weight is 478 g/mol. The lowest BCUT2D eigenvalue weighted by Crippen LogP contribution is -2.47. The highest BCUT2D eigenvalue weighted by atomic mass is 35.5. The van der Waals surface area contributed by atoms with Crippen molar-refractivity contribution in [3.63, 3.8) is 0 Å². The van der Waals surface area contributed by atoms with Crippen LogP contribution in [0.4, 0.5) is 4.39 Å². The molecule has 178 valence electrons. The summed E-state index contributed by atoms with van der Waals surface area (Å²) in [4.78, 5) is 31.2. The van der Waals surface area contributed by atoms with Gasteiger partial charge in [-0.15, -0.1) is 0 Å². The molecule has 0 aromatic heterocycles. The number of rotatable bonds is 8. The van der Waals surface area contributed by atoms with Crippen LogP contribution in [0.3, 0.4) is 0 Å². The van der Waals surface area contributed by atoms with E-state index in [0.717, 1.165) is 12.0 Å². The van der Waals surface area contributed by atoms with E-state index in [1.54, 1.807) is 12.1 Å². The maximum atomic E-state index is 13.5. The van der Waals surface area contributed by atoms with Gasteiger partial charge in [0, 0.05) is 49.2 Å². The summed E-state index contributed by atoms with van der Waals surface area (Å²) in [6.07, 6.45) is 1.30. The first-order valence-electron chi connectivity index (χ1n) is 11.1. The molecule has 4 N–H and O–H groups in total. The summed E-state index contributed by atoms with van der Waals surface area (Å²) in [6, 6.07) is 7.26. The summed E-state index contributed by atoms with van der Waals surface area (Å²) < 4.78 is 18.7. The molecule has 1 unspecified atom stereocenters. The van der Waals surface area contributed by atoms with Gasteiger partial charge < -0.3 is 21.1 Å². The molecule has 4 rings (SSSR count). The SMILES string of the molecule is N/C(C(=O)NCc1ccc(Cl)cc1)=C1/CN(CC2CCC(=O)N2)CC1=NCC1(CF)COC1. The minimum absolute atomic E-state index is 0.0554. The van der Waals surface area contributed by atoms with Crippen molar-refractivity contribution >= 4 is 29.1 Å². The quantitative estimate of drug-likeness (QED) is 0.487. The first kappa shape index (κ1) is 23.7. The number of benzene rings is 1. The lowest BCUT2D eigenvalue weighted by Gasteiger charge is -2.37. The zero-order valence-electron chi connectivity index (χ0n) is 18.4. The maximum absolute atomic E-state index is 13.5. The van der Waals surface area contributed by atoms with Crippen LogP contribution in [0, 0.1) is 5.41 Å². The highest BCUT2D eigenvalue weighted by molar-refractivity contribution is 6.30. The number of hydrogen-bond donors (Lipinski definition) is 3. The number of amides is 2. The summed E-state index contributed by atoms with van der Waals surface area (Å²) in [7, 11) is 0. The van der Waals surface area contributed by atoms with Crippen molar-refractivity contribution in [3.05, 3.63) is 46.1 Å². The minimum Gasteiger partial charge on any atom is -0.394 e. The van der Waals surface area contributed by atoms with E-state index in [1.165, 1.54) is 0 Å². The number of likely N-dealkylation sites (tertiary alicyclic amines) is 1. The zero-order chi connectivity index (χ0) is 23.4. The summed E-state index contributed by atoms with van der Waals surface area (Å²) in [6.45, 7) is 2.37. The molecule has 3 saturated heterocycles. The number of nitrogens with two attached hydrogens (primary N) is 1. The number of carbonyl (C=O) groups excluding carboxylic acids is 2. The molecule has 3 aliphatic heterocycles. The van der Waals surface area contributed by atoms with Gasteiger partial charge in [-0.05, 0) is 24.1 Å². The molecule has 1 aromatic rings. The van der Waals surface area contributed by atoms with Gasteiger partial charge in [-0.3, -0.25) is 23.9 Å². The van der Waals surface area contributed by atoms with Gasteiger partial charge >= 0.3 is 0 Å². The Morgan fingerprint density at radius 2 is 2.09 bits per heavy atom. The van der Waals surface area contributed by atoms with Gasteiger partial charge in [0.25, 0.3) is 5.91 Å². The Morgan fingerprint density at radius 3 is 2.70 bits per heavy atom. The van der Waals surface area contributed by atoms with Gasteiger partial charge in [0.2, 0.25) is 5.91 Å². The van der Waals surface area contributed by atoms with Gasteiger partial charge in [0.15, 0.2) is 0 Å². The van der Waals surface area contributed by atoms with Gasteiger partial charge in [0.05, 0.1) is 30.9 Å². The van der Waals surface area contributed by atoms with Crippen LogP contribution in [0.5, 0.6) is 0 Å². The fraction of sp³-hybridized carbons (Fsp3) is 0.522. The Kier molecular flexibility index (Phi) is 7.31. The molecule has 0 radical (unpaired) electrons. The molecule has 3 fully saturated rings. The summed E-state index contributed by atoms with van der Waals surface area (Å²) in [5, 5.41) is 6.43. The van der Waals surface area contributed by atoms with Crippen molar-refractivity contribution in [2.75, 3.05) is 46.1 Å². The maximum Gasteiger partial charge on any atom is 0.267 e. The van der Waals surface area contributed by atoms with Crippen LogP contribution in [0.1, 0.15) is 18.4 Å². The standard InChI is InChI=1S/C23H29ClFN5O3/c24-16-3-1-15(2-4-16)7-27-22(32)21(26)18-9-30(8-17-5-6-20(31)29-17)10-19(18)28-12-23(11-25)13-33-14-23/h1-4,17H,5-14,26H2,(H,27,32)(H,29,31)/b21-18-,28-19?. The number of carbonyl (C=O) groups is 2. The fourth-order valence-electron chi connectivity index (χ4n) is 4.20. The smallest absolute Gasteiger partial charge is 0.267 e. The zero-order valence-corrected chi connectivity index (χ0v) is 19.2. The second-order valence-electron chi connectivity index (χ2n) is 9.06. The summed E-state index contributed by atoms with van der Waals surface area (Å²) >= 11 is 5.91. The highest BCUT2D eigenvalue weighted by Crippen LogP contribution is 2.29. The molecule has 0 spiro atoms. The molecule has 1 atom stereocenters. The number of nitrogens with zero attached hydrogens (tertiary/aromatic N) is 2. The third kappa shape index (κ3) is 5.72. The third-order valence-electron chi connectivity index (χ3n) is 6.31. The molecule has 0 aliphatic carbocycles. The molecule has 33 heavy (non-hydrogen) atoms. The Hall–Kier alpha value is -2.49. The second kappa shape index (κ2) is 10.2. The third-order valence-corrected chi connectivity index (χ3v) is 6.56. The molecule has 3 heterocycles. The van der Waals surface area contributed by atoms with Crippen molar-refractivity contribution in [2.45, 2.75) is 25.4 Å². The van der Waals surface area contributed by atoms with E-state index in [9.17, 15) is 14.0 Å². The van der Waals surface area contributed by atoms with E-state index in [2.05, 4.69) is 20.5 Å². The lowest BCUT2D eigenvalue weighted by molar-refractivity contribution is -0.119. The molecular formula is C23H29ClFN5O3. The van der Waals surface area contributed by atoms with Gasteiger partial charge in [-0.2, -0.15) is 0 Å². The van der Waals surface area contributed by atoms with Crippen molar-refractivity contribution in [2.24, 2.45) is 16.1 Å². The van der Waals surface area contributed by atoms with E-state index >= 15 is 0 Å². The Balaban J connectivity index is 1.47. The van der Waals surface area contributed by atoms with Crippen molar-refractivity contribution in [3.8, 4) is 0 Å². The van der Waals surface area contributed by atoms with E-state index in [4.69, 9.17) is 22.1 Å². The van der Waals surface area contributed by atoms with Crippen LogP contribution in [-0.2, 0) is 20.9 Å². The first-order chi connectivity index (χ1) is 15.9. The number of halogens is 2. The van der Waals surface area contributed by atoms with Crippen LogP contribution < -0.4 is 16.4 Å². The molecule has 1 aromatic carbocycles. The normalized spacial score (nSPS) is 25.1. The molecule has 10 heteroatoms.